The summed E-state index contributed by atoms with van der Waals surface area (Å²) in [6, 6.07) is 9.66. The predicted molar refractivity (Wildman–Crippen MR) is 143 cm³/mol. The number of benzene rings is 1. The molecule has 10 nitrogen and oxygen atoms in total. The molecule has 10 heteroatoms. The van der Waals surface area contributed by atoms with Crippen molar-refractivity contribution in [2.75, 3.05) is 38.2 Å². The van der Waals surface area contributed by atoms with E-state index in [2.05, 4.69) is 31.4 Å². The average molecular weight is 519 g/mol. The average Bonchev–Trinajstić information content (AvgIpc) is 3.55. The number of carbonyl (C=O) groups is 1. The third-order valence-corrected chi connectivity index (χ3v) is 6.78. The second-order valence-corrected chi connectivity index (χ2v) is 10.4. The Kier molecular flexibility index (Phi) is 7.55. The monoisotopic (exact) mass is 518 g/mol. The Morgan fingerprint density at radius 2 is 1.97 bits per heavy atom. The SMILES string of the molecule is Cc1ccc(-c2noc(CCC(C)(C)O)n2)cc1NC(=O)c1cnc2ccc(CCN3CCOCC3)cn12. The van der Waals surface area contributed by atoms with E-state index in [0.717, 1.165) is 61.6 Å². The first-order valence-corrected chi connectivity index (χ1v) is 13.0. The summed E-state index contributed by atoms with van der Waals surface area (Å²) < 4.78 is 12.6. The van der Waals surface area contributed by atoms with Crippen LogP contribution >= 0.6 is 0 Å². The fraction of sp³-hybridized carbons (Fsp3) is 0.429. The molecule has 0 spiro atoms. The van der Waals surface area contributed by atoms with E-state index in [1.807, 2.05) is 41.8 Å². The van der Waals surface area contributed by atoms with Crippen molar-refractivity contribution in [2.45, 2.75) is 45.6 Å². The standard InChI is InChI=1S/C28H34N6O4/c1-19-4-6-21(26-31-25(38-32-26)8-10-28(2,3)36)16-22(19)30-27(35)23-17-29-24-7-5-20(18-34(23)24)9-11-33-12-14-37-15-13-33/h4-7,16-18,36H,8-15H2,1-3H3,(H,30,35). The third-order valence-electron chi connectivity index (χ3n) is 6.78. The molecule has 4 heterocycles. The Labute approximate surface area is 221 Å². The lowest BCUT2D eigenvalue weighted by atomic mass is 10.0. The van der Waals surface area contributed by atoms with E-state index in [0.29, 0.717) is 35.9 Å². The highest BCUT2D eigenvalue weighted by Gasteiger charge is 2.18. The highest BCUT2D eigenvalue weighted by molar-refractivity contribution is 6.04. The summed E-state index contributed by atoms with van der Waals surface area (Å²) in [4.78, 5) is 24.6. The molecule has 4 aromatic rings. The van der Waals surface area contributed by atoms with Gasteiger partial charge in [-0.25, -0.2) is 4.98 Å². The highest BCUT2D eigenvalue weighted by atomic mass is 16.5. The minimum Gasteiger partial charge on any atom is -0.390 e. The molecule has 1 aromatic carbocycles. The molecule has 5 rings (SSSR count). The van der Waals surface area contributed by atoms with E-state index >= 15 is 0 Å². The van der Waals surface area contributed by atoms with Crippen molar-refractivity contribution in [1.29, 1.82) is 0 Å². The first kappa shape index (κ1) is 26.0. The van der Waals surface area contributed by atoms with Crippen LogP contribution in [0.2, 0.25) is 0 Å². The Hall–Kier alpha value is -3.60. The van der Waals surface area contributed by atoms with Gasteiger partial charge in [0.1, 0.15) is 11.3 Å². The molecule has 1 fully saturated rings. The molecule has 0 saturated carbocycles. The number of rotatable bonds is 9. The van der Waals surface area contributed by atoms with Gasteiger partial charge < -0.3 is 19.7 Å². The van der Waals surface area contributed by atoms with Crippen molar-refractivity contribution < 1.29 is 19.2 Å². The Balaban J connectivity index is 1.30. The number of nitrogens with zero attached hydrogens (tertiary/aromatic N) is 5. The number of anilines is 1. The van der Waals surface area contributed by atoms with Gasteiger partial charge in [0, 0.05) is 43.5 Å². The number of ether oxygens (including phenoxy) is 1. The van der Waals surface area contributed by atoms with Gasteiger partial charge in [0.05, 0.1) is 25.0 Å². The van der Waals surface area contributed by atoms with Gasteiger partial charge in [0.15, 0.2) is 0 Å². The first-order valence-electron chi connectivity index (χ1n) is 13.0. The van der Waals surface area contributed by atoms with Crippen molar-refractivity contribution in [3.8, 4) is 11.4 Å². The first-order chi connectivity index (χ1) is 18.2. The molecule has 1 saturated heterocycles. The van der Waals surface area contributed by atoms with Crippen LogP contribution in [0.4, 0.5) is 5.69 Å². The van der Waals surface area contributed by atoms with Crippen molar-refractivity contribution in [3.05, 3.63) is 65.4 Å². The number of carbonyl (C=O) groups excluding carboxylic acids is 1. The van der Waals surface area contributed by atoms with Crippen LogP contribution < -0.4 is 5.32 Å². The maximum atomic E-state index is 13.3. The van der Waals surface area contributed by atoms with Gasteiger partial charge in [0.25, 0.3) is 5.91 Å². The topological polar surface area (TPSA) is 118 Å². The van der Waals surface area contributed by atoms with Gasteiger partial charge in [-0.3, -0.25) is 14.1 Å². The molecule has 200 valence electrons. The van der Waals surface area contributed by atoms with Gasteiger partial charge in [-0.2, -0.15) is 4.98 Å². The van der Waals surface area contributed by atoms with Crippen LogP contribution in [0.25, 0.3) is 17.0 Å². The summed E-state index contributed by atoms with van der Waals surface area (Å²) in [6.45, 7) is 9.83. The lowest BCUT2D eigenvalue weighted by molar-refractivity contribution is 0.0384. The molecule has 0 aliphatic carbocycles. The number of hydrogen-bond acceptors (Lipinski definition) is 8. The summed E-state index contributed by atoms with van der Waals surface area (Å²) >= 11 is 0. The summed E-state index contributed by atoms with van der Waals surface area (Å²) in [5, 5.41) is 17.1. The zero-order chi connectivity index (χ0) is 26.7. The van der Waals surface area contributed by atoms with Crippen LogP contribution in [-0.2, 0) is 17.6 Å². The van der Waals surface area contributed by atoms with Crippen molar-refractivity contribution in [2.24, 2.45) is 0 Å². The number of aliphatic hydroxyl groups is 1. The van der Waals surface area contributed by atoms with Gasteiger partial charge in [0.2, 0.25) is 11.7 Å². The normalized spacial score (nSPS) is 14.7. The van der Waals surface area contributed by atoms with Crippen LogP contribution in [0.5, 0.6) is 0 Å². The zero-order valence-corrected chi connectivity index (χ0v) is 22.1. The Morgan fingerprint density at radius 1 is 1.16 bits per heavy atom. The fourth-order valence-electron chi connectivity index (χ4n) is 4.42. The molecule has 38 heavy (non-hydrogen) atoms. The Bertz CT molecular complexity index is 1410. The number of fused-ring (bicyclic) bond motifs is 1. The number of pyridine rings is 1. The summed E-state index contributed by atoms with van der Waals surface area (Å²) in [5.74, 6) is 0.649. The lowest BCUT2D eigenvalue weighted by Crippen LogP contribution is -2.37. The number of aromatic nitrogens is 4. The maximum absolute atomic E-state index is 13.3. The van der Waals surface area contributed by atoms with E-state index in [4.69, 9.17) is 9.26 Å². The van der Waals surface area contributed by atoms with Crippen LogP contribution in [0.1, 0.15) is 47.8 Å². The molecule has 1 amide bonds. The van der Waals surface area contributed by atoms with E-state index in [9.17, 15) is 9.90 Å². The third kappa shape index (κ3) is 6.27. The number of nitrogens with one attached hydrogen (secondary N) is 1. The smallest absolute Gasteiger partial charge is 0.274 e. The van der Waals surface area contributed by atoms with Gasteiger partial charge in [-0.15, -0.1) is 0 Å². The molecule has 0 atom stereocenters. The van der Waals surface area contributed by atoms with E-state index in [1.165, 1.54) is 0 Å². The quantitative estimate of drug-likeness (QED) is 0.346. The van der Waals surface area contributed by atoms with Crippen LogP contribution in [0.3, 0.4) is 0 Å². The molecule has 1 aliphatic heterocycles. The van der Waals surface area contributed by atoms with Crippen LogP contribution in [0.15, 0.2) is 47.2 Å². The van der Waals surface area contributed by atoms with Crippen molar-refractivity contribution >= 4 is 17.2 Å². The minimum atomic E-state index is -0.808. The maximum Gasteiger partial charge on any atom is 0.274 e. The minimum absolute atomic E-state index is 0.248. The summed E-state index contributed by atoms with van der Waals surface area (Å²) in [5.41, 5.74) is 3.82. The molecule has 1 aliphatic rings. The predicted octanol–water partition coefficient (Wildman–Crippen LogP) is 3.52. The van der Waals surface area contributed by atoms with Gasteiger partial charge >= 0.3 is 0 Å². The molecule has 2 N–H and O–H groups in total. The molecule has 3 aromatic heterocycles. The summed E-state index contributed by atoms with van der Waals surface area (Å²) in [6.07, 6.45) is 5.48. The molecular formula is C28H34N6O4. The van der Waals surface area contributed by atoms with E-state index < -0.39 is 5.60 Å². The number of amides is 1. The molecule has 0 radical (unpaired) electrons. The Morgan fingerprint density at radius 3 is 2.76 bits per heavy atom. The number of imidazole rings is 1. The van der Waals surface area contributed by atoms with Gasteiger partial charge in [-0.05, 0) is 56.9 Å². The van der Waals surface area contributed by atoms with Crippen molar-refractivity contribution in [1.82, 2.24) is 24.4 Å². The lowest BCUT2D eigenvalue weighted by Gasteiger charge is -2.26. The second-order valence-electron chi connectivity index (χ2n) is 10.4. The second kappa shape index (κ2) is 11.0. The largest absolute Gasteiger partial charge is 0.390 e. The summed E-state index contributed by atoms with van der Waals surface area (Å²) in [7, 11) is 0. The van der Waals surface area contributed by atoms with Crippen LogP contribution in [0, 0.1) is 6.92 Å². The van der Waals surface area contributed by atoms with E-state index in [-0.39, 0.29) is 5.91 Å². The highest BCUT2D eigenvalue weighted by Crippen LogP contribution is 2.25. The van der Waals surface area contributed by atoms with Gasteiger partial charge in [-0.1, -0.05) is 23.4 Å². The van der Waals surface area contributed by atoms with Crippen LogP contribution in [-0.4, -0.2) is 73.9 Å². The van der Waals surface area contributed by atoms with E-state index in [1.54, 1.807) is 20.0 Å². The molecule has 0 unspecified atom stereocenters. The zero-order valence-electron chi connectivity index (χ0n) is 22.1. The molecule has 0 bridgehead atoms. The fourth-order valence-corrected chi connectivity index (χ4v) is 4.42. The molecular weight excluding hydrogens is 484 g/mol. The van der Waals surface area contributed by atoms with Crippen molar-refractivity contribution in [3.63, 3.8) is 0 Å². The number of morpholine rings is 1. The number of hydrogen-bond donors (Lipinski definition) is 2. The number of aryl methyl sites for hydroxylation is 2.